The van der Waals surface area contributed by atoms with E-state index >= 15 is 0 Å². The maximum Gasteiger partial charge on any atom is 0.288 e. The van der Waals surface area contributed by atoms with Gasteiger partial charge in [-0.3, -0.25) is 9.59 Å². The van der Waals surface area contributed by atoms with Gasteiger partial charge in [0.1, 0.15) is 0 Å². The van der Waals surface area contributed by atoms with Crippen LogP contribution < -0.4 is 15.9 Å². The zero-order valence-electron chi connectivity index (χ0n) is 8.49. The number of hydrogen-bond donors (Lipinski definition) is 1. The molecule has 0 spiro atoms. The van der Waals surface area contributed by atoms with Gasteiger partial charge in [-0.15, -0.1) is 0 Å². The molecule has 1 aromatic heterocycles. The van der Waals surface area contributed by atoms with Gasteiger partial charge in [-0.05, 0) is 6.42 Å². The molecular weight excluding hydrogens is 198 g/mol. The van der Waals surface area contributed by atoms with Gasteiger partial charge in [0.05, 0.1) is 12.9 Å². The van der Waals surface area contributed by atoms with E-state index in [-0.39, 0.29) is 11.5 Å². The Labute approximate surface area is 86.8 Å². The first-order valence-corrected chi connectivity index (χ1v) is 4.71. The summed E-state index contributed by atoms with van der Waals surface area (Å²) >= 11 is 0. The monoisotopic (exact) mass is 211 g/mol. The van der Waals surface area contributed by atoms with Crippen LogP contribution in [0.3, 0.4) is 0 Å². The Morgan fingerprint density at radius 3 is 2.93 bits per heavy atom. The SMILES string of the molecule is CCCCOc1c(C(N)=O)occc1=O. The molecule has 0 aliphatic rings. The van der Waals surface area contributed by atoms with Crippen LogP contribution in [0.15, 0.2) is 21.5 Å². The molecule has 0 saturated carbocycles. The highest BCUT2D eigenvalue weighted by Gasteiger charge is 2.15. The fourth-order valence-electron chi connectivity index (χ4n) is 1.03. The van der Waals surface area contributed by atoms with Crippen molar-refractivity contribution >= 4 is 5.91 Å². The molecule has 1 rings (SSSR count). The summed E-state index contributed by atoms with van der Waals surface area (Å²) in [6.45, 7) is 2.36. The molecule has 0 aliphatic heterocycles. The van der Waals surface area contributed by atoms with Crippen LogP contribution >= 0.6 is 0 Å². The van der Waals surface area contributed by atoms with Gasteiger partial charge in [-0.25, -0.2) is 0 Å². The molecule has 0 unspecified atom stereocenters. The second-order valence-electron chi connectivity index (χ2n) is 3.01. The summed E-state index contributed by atoms with van der Waals surface area (Å²) in [5, 5.41) is 0. The van der Waals surface area contributed by atoms with E-state index in [1.54, 1.807) is 0 Å². The number of nitrogens with two attached hydrogens (primary N) is 1. The van der Waals surface area contributed by atoms with Crippen molar-refractivity contribution in [1.29, 1.82) is 0 Å². The third-order valence-corrected chi connectivity index (χ3v) is 1.80. The zero-order valence-corrected chi connectivity index (χ0v) is 8.49. The Morgan fingerprint density at radius 1 is 1.60 bits per heavy atom. The molecule has 0 saturated heterocycles. The summed E-state index contributed by atoms with van der Waals surface area (Å²) in [6, 6.07) is 1.19. The quantitative estimate of drug-likeness (QED) is 0.734. The van der Waals surface area contributed by atoms with Gasteiger partial charge >= 0.3 is 0 Å². The molecule has 0 atom stereocenters. The molecule has 2 N–H and O–H groups in total. The van der Waals surface area contributed by atoms with Crippen molar-refractivity contribution in [3.63, 3.8) is 0 Å². The number of rotatable bonds is 5. The highest BCUT2D eigenvalue weighted by atomic mass is 16.5. The van der Waals surface area contributed by atoms with Gasteiger partial charge in [0, 0.05) is 6.07 Å². The van der Waals surface area contributed by atoms with Crippen molar-refractivity contribution in [3.8, 4) is 5.75 Å². The smallest absolute Gasteiger partial charge is 0.288 e. The van der Waals surface area contributed by atoms with E-state index in [1.807, 2.05) is 6.92 Å². The number of carbonyl (C=O) groups is 1. The molecule has 0 bridgehead atoms. The van der Waals surface area contributed by atoms with Crippen molar-refractivity contribution in [2.75, 3.05) is 6.61 Å². The molecule has 0 radical (unpaired) electrons. The lowest BCUT2D eigenvalue weighted by molar-refractivity contribution is 0.0964. The minimum atomic E-state index is -0.806. The van der Waals surface area contributed by atoms with Crippen LogP contribution in [0.4, 0.5) is 0 Å². The van der Waals surface area contributed by atoms with Gasteiger partial charge in [0.2, 0.25) is 16.9 Å². The maximum atomic E-state index is 11.3. The summed E-state index contributed by atoms with van der Waals surface area (Å²) in [7, 11) is 0. The molecule has 0 fully saturated rings. The average molecular weight is 211 g/mol. The summed E-state index contributed by atoms with van der Waals surface area (Å²) in [5.74, 6) is -1.13. The number of amides is 1. The van der Waals surface area contributed by atoms with Crippen LogP contribution in [-0.2, 0) is 0 Å². The molecule has 0 aliphatic carbocycles. The van der Waals surface area contributed by atoms with Gasteiger partial charge in [0.25, 0.3) is 5.91 Å². The Bertz CT molecular complexity index is 397. The predicted molar refractivity (Wildman–Crippen MR) is 53.9 cm³/mol. The minimum Gasteiger partial charge on any atom is -0.486 e. The number of ether oxygens (including phenoxy) is 1. The standard InChI is InChI=1S/C10H13NO4/c1-2-3-5-14-8-7(12)4-6-15-9(8)10(11)13/h4,6H,2-3,5H2,1H3,(H2,11,13). The summed E-state index contributed by atoms with van der Waals surface area (Å²) in [4.78, 5) is 22.3. The molecule has 1 aromatic rings. The van der Waals surface area contributed by atoms with Crippen molar-refractivity contribution in [2.45, 2.75) is 19.8 Å². The molecule has 5 heteroatoms. The minimum absolute atomic E-state index is 0.0987. The number of hydrogen-bond acceptors (Lipinski definition) is 4. The average Bonchev–Trinajstić information content (AvgIpc) is 2.20. The van der Waals surface area contributed by atoms with Gasteiger partial charge in [-0.2, -0.15) is 0 Å². The first kappa shape index (κ1) is 11.3. The first-order chi connectivity index (χ1) is 7.16. The van der Waals surface area contributed by atoms with Crippen molar-refractivity contribution in [3.05, 3.63) is 28.3 Å². The summed E-state index contributed by atoms with van der Waals surface area (Å²) in [5.41, 5.74) is 4.64. The highest BCUT2D eigenvalue weighted by Crippen LogP contribution is 2.12. The molecule has 0 aromatic carbocycles. The van der Waals surface area contributed by atoms with Gasteiger partial charge < -0.3 is 14.9 Å². The van der Waals surface area contributed by atoms with Crippen LogP contribution in [0.1, 0.15) is 30.3 Å². The van der Waals surface area contributed by atoms with Crippen LogP contribution in [0.25, 0.3) is 0 Å². The molecule has 82 valence electrons. The third kappa shape index (κ3) is 2.83. The van der Waals surface area contributed by atoms with Gasteiger partial charge in [-0.1, -0.05) is 13.3 Å². The van der Waals surface area contributed by atoms with Crippen LogP contribution in [0.5, 0.6) is 5.75 Å². The predicted octanol–water partition coefficient (Wildman–Crippen LogP) is 0.918. The molecule has 5 nitrogen and oxygen atoms in total. The van der Waals surface area contributed by atoms with Crippen LogP contribution in [-0.4, -0.2) is 12.5 Å². The second-order valence-corrected chi connectivity index (χ2v) is 3.01. The maximum absolute atomic E-state index is 11.3. The third-order valence-electron chi connectivity index (χ3n) is 1.80. The zero-order chi connectivity index (χ0) is 11.3. The van der Waals surface area contributed by atoms with E-state index in [2.05, 4.69) is 0 Å². The molecule has 15 heavy (non-hydrogen) atoms. The lowest BCUT2D eigenvalue weighted by Crippen LogP contribution is -2.18. The molecule has 1 heterocycles. The topological polar surface area (TPSA) is 82.5 Å². The lowest BCUT2D eigenvalue weighted by atomic mass is 10.3. The van der Waals surface area contributed by atoms with E-state index < -0.39 is 11.3 Å². The lowest BCUT2D eigenvalue weighted by Gasteiger charge is -2.05. The molecule has 1 amide bonds. The van der Waals surface area contributed by atoms with Crippen molar-refractivity contribution in [1.82, 2.24) is 0 Å². The Balaban J connectivity index is 2.93. The van der Waals surface area contributed by atoms with Crippen LogP contribution in [0, 0.1) is 0 Å². The normalized spacial score (nSPS) is 9.93. The summed E-state index contributed by atoms with van der Waals surface area (Å²) < 4.78 is 9.99. The largest absolute Gasteiger partial charge is 0.486 e. The van der Waals surface area contributed by atoms with Crippen LogP contribution in [0.2, 0.25) is 0 Å². The first-order valence-electron chi connectivity index (χ1n) is 4.71. The fourth-order valence-corrected chi connectivity index (χ4v) is 1.03. The second kappa shape index (κ2) is 5.19. The summed E-state index contributed by atoms with van der Waals surface area (Å²) in [6.07, 6.45) is 2.85. The number of carbonyl (C=O) groups excluding carboxylic acids is 1. The number of primary amides is 1. The van der Waals surface area contributed by atoms with E-state index in [9.17, 15) is 9.59 Å². The number of unbranched alkanes of at least 4 members (excludes halogenated alkanes) is 1. The van der Waals surface area contributed by atoms with E-state index in [0.29, 0.717) is 6.61 Å². The highest BCUT2D eigenvalue weighted by molar-refractivity contribution is 5.92. The molecular formula is C10H13NO4. The van der Waals surface area contributed by atoms with Crippen molar-refractivity contribution < 1.29 is 13.9 Å². The van der Waals surface area contributed by atoms with Gasteiger partial charge in [0.15, 0.2) is 0 Å². The van der Waals surface area contributed by atoms with E-state index in [4.69, 9.17) is 14.9 Å². The Kier molecular flexibility index (Phi) is 3.91. The van der Waals surface area contributed by atoms with E-state index in [1.165, 1.54) is 6.07 Å². The Morgan fingerprint density at radius 2 is 2.33 bits per heavy atom. The fraction of sp³-hybridized carbons (Fsp3) is 0.400. The Hall–Kier alpha value is -1.78. The van der Waals surface area contributed by atoms with E-state index in [0.717, 1.165) is 19.1 Å². The van der Waals surface area contributed by atoms with Crippen molar-refractivity contribution in [2.24, 2.45) is 5.73 Å².